The number of ether oxygens (including phenoxy) is 1. The SMILES string of the molecule is CCC(NC(=O)c1cc(C(=O)N[C@H](CC)c2ccccc2)c2n1CCOC2)c1cnccn1. The van der Waals surface area contributed by atoms with Gasteiger partial charge in [0.25, 0.3) is 11.8 Å². The molecule has 0 saturated carbocycles. The molecule has 1 aliphatic rings. The molecule has 0 spiro atoms. The lowest BCUT2D eigenvalue weighted by atomic mass is 10.0. The monoisotopic (exact) mass is 447 g/mol. The highest BCUT2D eigenvalue weighted by molar-refractivity contribution is 6.01. The summed E-state index contributed by atoms with van der Waals surface area (Å²) in [4.78, 5) is 34.9. The zero-order chi connectivity index (χ0) is 23.2. The summed E-state index contributed by atoms with van der Waals surface area (Å²) in [6.45, 7) is 5.32. The number of rotatable bonds is 8. The number of nitrogens with one attached hydrogen (secondary N) is 2. The minimum Gasteiger partial charge on any atom is -0.373 e. The Balaban J connectivity index is 1.58. The average Bonchev–Trinajstić information content (AvgIpc) is 3.26. The Morgan fingerprint density at radius 1 is 1.06 bits per heavy atom. The molecule has 0 bridgehead atoms. The summed E-state index contributed by atoms with van der Waals surface area (Å²) in [5, 5.41) is 6.17. The van der Waals surface area contributed by atoms with Crippen LogP contribution in [-0.2, 0) is 17.9 Å². The van der Waals surface area contributed by atoms with E-state index in [1.54, 1.807) is 24.7 Å². The van der Waals surface area contributed by atoms with Crippen LogP contribution in [0.25, 0.3) is 0 Å². The molecule has 0 aliphatic carbocycles. The van der Waals surface area contributed by atoms with E-state index in [-0.39, 0.29) is 23.9 Å². The van der Waals surface area contributed by atoms with Gasteiger partial charge in [-0.2, -0.15) is 0 Å². The predicted octanol–water partition coefficient (Wildman–Crippen LogP) is 3.57. The molecule has 2 aromatic heterocycles. The van der Waals surface area contributed by atoms with Gasteiger partial charge in [-0.1, -0.05) is 44.2 Å². The fraction of sp³-hybridized carbons (Fsp3) is 0.360. The minimum absolute atomic E-state index is 0.114. The van der Waals surface area contributed by atoms with Crippen LogP contribution < -0.4 is 10.6 Å². The van der Waals surface area contributed by atoms with Crippen molar-refractivity contribution in [2.45, 2.75) is 51.9 Å². The van der Waals surface area contributed by atoms with Crippen LogP contribution in [0.1, 0.15) is 76.6 Å². The summed E-state index contributed by atoms with van der Waals surface area (Å²) in [6, 6.07) is 11.2. The smallest absolute Gasteiger partial charge is 0.268 e. The van der Waals surface area contributed by atoms with Gasteiger partial charge in [0, 0.05) is 18.9 Å². The first-order valence-corrected chi connectivity index (χ1v) is 11.3. The third kappa shape index (κ3) is 4.96. The molecule has 3 heterocycles. The molecule has 1 unspecified atom stereocenters. The molecule has 0 fully saturated rings. The van der Waals surface area contributed by atoms with Gasteiger partial charge in [-0.05, 0) is 24.5 Å². The Bertz CT molecular complexity index is 1010. The molecule has 1 aliphatic heterocycles. The van der Waals surface area contributed by atoms with Crippen molar-refractivity contribution in [3.8, 4) is 0 Å². The van der Waals surface area contributed by atoms with Crippen LogP contribution >= 0.6 is 0 Å². The third-order valence-corrected chi connectivity index (χ3v) is 5.95. The molecule has 4 rings (SSSR count). The van der Waals surface area contributed by atoms with Crippen LogP contribution in [0.15, 0.2) is 55.0 Å². The van der Waals surface area contributed by atoms with Crippen LogP contribution in [0.4, 0.5) is 0 Å². The van der Waals surface area contributed by atoms with Gasteiger partial charge in [-0.3, -0.25) is 19.6 Å². The van der Waals surface area contributed by atoms with Crippen molar-refractivity contribution in [3.05, 3.63) is 83.2 Å². The van der Waals surface area contributed by atoms with Crippen molar-refractivity contribution in [1.82, 2.24) is 25.2 Å². The second-order valence-corrected chi connectivity index (χ2v) is 8.00. The lowest BCUT2D eigenvalue weighted by Crippen LogP contribution is -2.32. The number of hydrogen-bond acceptors (Lipinski definition) is 5. The molecular formula is C25H29N5O3. The van der Waals surface area contributed by atoms with E-state index in [2.05, 4.69) is 20.6 Å². The van der Waals surface area contributed by atoms with Crippen molar-refractivity contribution < 1.29 is 14.3 Å². The zero-order valence-corrected chi connectivity index (χ0v) is 19.0. The highest BCUT2D eigenvalue weighted by atomic mass is 16.5. The maximum absolute atomic E-state index is 13.3. The summed E-state index contributed by atoms with van der Waals surface area (Å²) in [6.07, 6.45) is 6.30. The number of amides is 2. The Morgan fingerprint density at radius 2 is 1.82 bits per heavy atom. The van der Waals surface area contributed by atoms with Gasteiger partial charge in [0.2, 0.25) is 0 Å². The molecular weight excluding hydrogens is 418 g/mol. The summed E-state index contributed by atoms with van der Waals surface area (Å²) < 4.78 is 7.51. The standard InChI is InChI=1S/C25H29N5O3/c1-3-19(17-8-6-5-7-9-17)28-24(31)18-14-22(30-12-13-33-16-23(18)30)25(32)29-20(4-2)21-15-26-10-11-27-21/h5-11,14-15,19-20H,3-4,12-13,16H2,1-2H3,(H,28,31)(H,29,32)/t19-,20?/m1/s1. The molecule has 1 aromatic carbocycles. The van der Waals surface area contributed by atoms with Gasteiger partial charge in [0.05, 0.1) is 48.4 Å². The number of carbonyl (C=O) groups is 2. The Hall–Kier alpha value is -3.52. The van der Waals surface area contributed by atoms with E-state index >= 15 is 0 Å². The number of benzene rings is 1. The molecule has 2 N–H and O–H groups in total. The second-order valence-electron chi connectivity index (χ2n) is 8.00. The zero-order valence-electron chi connectivity index (χ0n) is 19.0. The van der Waals surface area contributed by atoms with Crippen LogP contribution in [0.5, 0.6) is 0 Å². The van der Waals surface area contributed by atoms with E-state index < -0.39 is 0 Å². The van der Waals surface area contributed by atoms with E-state index in [4.69, 9.17) is 4.74 Å². The fourth-order valence-corrected chi connectivity index (χ4v) is 4.16. The highest BCUT2D eigenvalue weighted by Gasteiger charge is 2.28. The number of nitrogens with zero attached hydrogens (tertiary/aromatic N) is 3. The number of fused-ring (bicyclic) bond motifs is 1. The first-order valence-electron chi connectivity index (χ1n) is 11.3. The summed E-state index contributed by atoms with van der Waals surface area (Å²) in [5.41, 5.74) is 3.40. The van der Waals surface area contributed by atoms with Crippen molar-refractivity contribution >= 4 is 11.8 Å². The van der Waals surface area contributed by atoms with Gasteiger partial charge >= 0.3 is 0 Å². The molecule has 0 radical (unpaired) electrons. The fourth-order valence-electron chi connectivity index (χ4n) is 4.16. The molecule has 2 amide bonds. The van der Waals surface area contributed by atoms with Crippen LogP contribution in [0, 0.1) is 0 Å². The molecule has 2 atom stereocenters. The van der Waals surface area contributed by atoms with E-state index in [9.17, 15) is 9.59 Å². The molecule has 0 saturated heterocycles. The first-order chi connectivity index (χ1) is 16.1. The molecule has 3 aromatic rings. The van der Waals surface area contributed by atoms with Gasteiger partial charge in [0.15, 0.2) is 0 Å². The van der Waals surface area contributed by atoms with Gasteiger partial charge in [-0.15, -0.1) is 0 Å². The third-order valence-electron chi connectivity index (χ3n) is 5.95. The highest BCUT2D eigenvalue weighted by Crippen LogP contribution is 2.24. The molecule has 8 heteroatoms. The predicted molar refractivity (Wildman–Crippen MR) is 124 cm³/mol. The van der Waals surface area contributed by atoms with E-state index in [0.29, 0.717) is 43.1 Å². The molecule has 8 nitrogen and oxygen atoms in total. The van der Waals surface area contributed by atoms with E-state index in [1.807, 2.05) is 48.7 Å². The number of aromatic nitrogens is 3. The number of carbonyl (C=O) groups excluding carboxylic acids is 2. The minimum atomic E-state index is -0.267. The van der Waals surface area contributed by atoms with Gasteiger partial charge in [-0.25, -0.2) is 0 Å². The van der Waals surface area contributed by atoms with E-state index in [1.165, 1.54) is 0 Å². The van der Waals surface area contributed by atoms with Crippen molar-refractivity contribution in [2.75, 3.05) is 6.61 Å². The maximum Gasteiger partial charge on any atom is 0.268 e. The second kappa shape index (κ2) is 10.4. The quantitative estimate of drug-likeness (QED) is 0.550. The Morgan fingerprint density at radius 3 is 2.52 bits per heavy atom. The van der Waals surface area contributed by atoms with Crippen molar-refractivity contribution in [1.29, 1.82) is 0 Å². The number of hydrogen-bond donors (Lipinski definition) is 2. The normalized spacial score (nSPS) is 14.7. The molecule has 172 valence electrons. The summed E-state index contributed by atoms with van der Waals surface area (Å²) in [5.74, 6) is -0.454. The van der Waals surface area contributed by atoms with Gasteiger partial charge in [0.1, 0.15) is 5.69 Å². The summed E-state index contributed by atoms with van der Waals surface area (Å²) in [7, 11) is 0. The van der Waals surface area contributed by atoms with Crippen molar-refractivity contribution in [3.63, 3.8) is 0 Å². The van der Waals surface area contributed by atoms with Crippen molar-refractivity contribution in [2.24, 2.45) is 0 Å². The lowest BCUT2D eigenvalue weighted by Gasteiger charge is -2.21. The van der Waals surface area contributed by atoms with E-state index in [0.717, 1.165) is 17.7 Å². The average molecular weight is 448 g/mol. The summed E-state index contributed by atoms with van der Waals surface area (Å²) >= 11 is 0. The van der Waals surface area contributed by atoms with Crippen LogP contribution in [0.2, 0.25) is 0 Å². The Labute approximate surface area is 193 Å². The first kappa shape index (κ1) is 22.7. The maximum atomic E-state index is 13.3. The van der Waals surface area contributed by atoms with Gasteiger partial charge < -0.3 is 19.9 Å². The lowest BCUT2D eigenvalue weighted by molar-refractivity contribution is 0.0773. The molecule has 33 heavy (non-hydrogen) atoms. The Kier molecular flexibility index (Phi) is 7.14. The topological polar surface area (TPSA) is 98.1 Å². The largest absolute Gasteiger partial charge is 0.373 e. The van der Waals surface area contributed by atoms with Crippen LogP contribution in [0.3, 0.4) is 0 Å². The van der Waals surface area contributed by atoms with Crippen LogP contribution in [-0.4, -0.2) is 33.0 Å².